The molecule has 0 saturated carbocycles. The zero-order valence-electron chi connectivity index (χ0n) is 15.3. The van der Waals surface area contributed by atoms with E-state index in [4.69, 9.17) is 10.5 Å². The predicted octanol–water partition coefficient (Wildman–Crippen LogP) is 3.36. The number of aromatic nitrogens is 2. The first-order valence-electron chi connectivity index (χ1n) is 9.45. The van der Waals surface area contributed by atoms with E-state index in [0.29, 0.717) is 17.1 Å². The van der Waals surface area contributed by atoms with Gasteiger partial charge in [0.2, 0.25) is 0 Å². The van der Waals surface area contributed by atoms with E-state index in [1.54, 1.807) is 0 Å². The van der Waals surface area contributed by atoms with Crippen LogP contribution in [-0.4, -0.2) is 39.9 Å². The molecule has 140 valence electrons. The van der Waals surface area contributed by atoms with Crippen LogP contribution < -0.4 is 10.5 Å². The van der Waals surface area contributed by atoms with Gasteiger partial charge in [0.15, 0.2) is 18.0 Å². The topological polar surface area (TPSA) is 72.9 Å². The van der Waals surface area contributed by atoms with Gasteiger partial charge in [-0.15, -0.1) is 0 Å². The summed E-state index contributed by atoms with van der Waals surface area (Å²) in [6.45, 7) is 1.70. The third kappa shape index (κ3) is 3.89. The Labute approximate surface area is 158 Å². The average Bonchev–Trinajstić information content (AvgIpc) is 2.93. The first kappa shape index (κ1) is 17.4. The summed E-state index contributed by atoms with van der Waals surface area (Å²) >= 11 is 0. The van der Waals surface area contributed by atoms with Crippen LogP contribution in [0.4, 0.5) is 5.69 Å². The lowest BCUT2D eigenvalue weighted by molar-refractivity contribution is -0.133. The second kappa shape index (κ2) is 7.70. The highest BCUT2D eigenvalue weighted by atomic mass is 16.5. The van der Waals surface area contributed by atoms with E-state index in [9.17, 15) is 4.79 Å². The third-order valence-corrected chi connectivity index (χ3v) is 4.94. The van der Waals surface area contributed by atoms with Crippen LogP contribution in [0, 0.1) is 0 Å². The molecule has 0 atom stereocenters. The zero-order chi connectivity index (χ0) is 18.6. The van der Waals surface area contributed by atoms with Gasteiger partial charge in [0.05, 0.1) is 5.69 Å². The molecule has 1 fully saturated rings. The Hall–Kier alpha value is -3.02. The maximum atomic E-state index is 12.5. The smallest absolute Gasteiger partial charge is 0.260 e. The highest BCUT2D eigenvalue weighted by Gasteiger charge is 2.17. The molecule has 1 saturated heterocycles. The number of imidazole rings is 1. The maximum Gasteiger partial charge on any atom is 0.260 e. The molecule has 0 radical (unpaired) electrons. The number of benzene rings is 1. The van der Waals surface area contributed by atoms with Crippen LogP contribution in [0.2, 0.25) is 0 Å². The van der Waals surface area contributed by atoms with E-state index in [1.807, 2.05) is 58.1 Å². The van der Waals surface area contributed by atoms with Crippen molar-refractivity contribution in [2.24, 2.45) is 0 Å². The fraction of sp³-hybridized carbons (Fsp3) is 0.333. The number of hydrogen-bond acceptors (Lipinski definition) is 4. The van der Waals surface area contributed by atoms with Crippen molar-refractivity contribution in [3.8, 4) is 17.0 Å². The second-order valence-corrected chi connectivity index (χ2v) is 6.94. The summed E-state index contributed by atoms with van der Waals surface area (Å²) in [4.78, 5) is 19.1. The molecule has 2 N–H and O–H groups in total. The van der Waals surface area contributed by atoms with Crippen LogP contribution in [0.15, 0.2) is 48.8 Å². The van der Waals surface area contributed by atoms with Gasteiger partial charge in [0.25, 0.3) is 5.91 Å². The van der Waals surface area contributed by atoms with E-state index in [1.165, 1.54) is 12.8 Å². The number of pyridine rings is 1. The molecule has 2 aromatic heterocycles. The quantitative estimate of drug-likeness (QED) is 0.721. The van der Waals surface area contributed by atoms with Gasteiger partial charge in [0, 0.05) is 36.7 Å². The summed E-state index contributed by atoms with van der Waals surface area (Å²) in [7, 11) is 0. The Morgan fingerprint density at radius 3 is 2.70 bits per heavy atom. The Morgan fingerprint density at radius 1 is 1.11 bits per heavy atom. The summed E-state index contributed by atoms with van der Waals surface area (Å²) in [5, 5.41) is 0. The monoisotopic (exact) mass is 364 g/mol. The number of nitrogen functional groups attached to an aromatic ring is 1. The average molecular weight is 364 g/mol. The largest absolute Gasteiger partial charge is 0.480 e. The van der Waals surface area contributed by atoms with Crippen molar-refractivity contribution < 1.29 is 9.53 Å². The molecule has 3 heterocycles. The van der Waals surface area contributed by atoms with Crippen molar-refractivity contribution in [3.05, 3.63) is 48.8 Å². The number of nitrogens with two attached hydrogens (primary N) is 1. The number of amides is 1. The van der Waals surface area contributed by atoms with Gasteiger partial charge in [-0.2, -0.15) is 0 Å². The Balaban J connectivity index is 1.52. The molecule has 0 unspecified atom stereocenters. The molecule has 1 aliphatic rings. The van der Waals surface area contributed by atoms with Gasteiger partial charge in [-0.1, -0.05) is 25.0 Å². The first-order chi connectivity index (χ1) is 13.2. The molecule has 1 amide bonds. The first-order valence-corrected chi connectivity index (χ1v) is 9.45. The molecule has 0 spiro atoms. The lowest BCUT2D eigenvalue weighted by atomic mass is 10.1. The SMILES string of the molecule is Nc1cccc(-c2cn3cccc(OCC(=O)N4CCCCCC4)c3n2)c1. The third-order valence-electron chi connectivity index (χ3n) is 4.94. The molecule has 1 aromatic carbocycles. The van der Waals surface area contributed by atoms with Gasteiger partial charge >= 0.3 is 0 Å². The van der Waals surface area contributed by atoms with Gasteiger partial charge in [-0.05, 0) is 37.1 Å². The van der Waals surface area contributed by atoms with Crippen LogP contribution in [0.1, 0.15) is 25.7 Å². The lowest BCUT2D eigenvalue weighted by Gasteiger charge is -2.20. The minimum Gasteiger partial charge on any atom is -0.480 e. The van der Waals surface area contributed by atoms with Gasteiger partial charge in [-0.3, -0.25) is 4.79 Å². The van der Waals surface area contributed by atoms with Gasteiger partial charge in [0.1, 0.15) is 0 Å². The molecule has 1 aliphatic heterocycles. The summed E-state index contributed by atoms with van der Waals surface area (Å²) in [6.07, 6.45) is 8.40. The minimum absolute atomic E-state index is 0.0418. The zero-order valence-corrected chi connectivity index (χ0v) is 15.3. The number of fused-ring (bicyclic) bond motifs is 1. The van der Waals surface area contributed by atoms with Crippen LogP contribution in [0.3, 0.4) is 0 Å². The maximum absolute atomic E-state index is 12.5. The molecular formula is C21H24N4O2. The number of anilines is 1. The molecule has 3 aromatic rings. The fourth-order valence-corrected chi connectivity index (χ4v) is 3.49. The van der Waals surface area contributed by atoms with Gasteiger partial charge in [-0.25, -0.2) is 4.98 Å². The van der Waals surface area contributed by atoms with Crippen molar-refractivity contribution in [1.29, 1.82) is 0 Å². The lowest BCUT2D eigenvalue weighted by Crippen LogP contribution is -2.35. The van der Waals surface area contributed by atoms with E-state index in [2.05, 4.69) is 4.98 Å². The highest BCUT2D eigenvalue weighted by Crippen LogP contribution is 2.25. The number of hydrogen-bond donors (Lipinski definition) is 1. The molecule has 6 nitrogen and oxygen atoms in total. The van der Waals surface area contributed by atoms with Crippen LogP contribution >= 0.6 is 0 Å². The Bertz CT molecular complexity index is 942. The number of carbonyl (C=O) groups excluding carboxylic acids is 1. The van der Waals surface area contributed by atoms with Crippen molar-refractivity contribution in [2.75, 3.05) is 25.4 Å². The van der Waals surface area contributed by atoms with E-state index in [0.717, 1.165) is 37.2 Å². The summed E-state index contributed by atoms with van der Waals surface area (Å²) in [6, 6.07) is 11.4. The fourth-order valence-electron chi connectivity index (χ4n) is 3.49. The predicted molar refractivity (Wildman–Crippen MR) is 106 cm³/mol. The number of rotatable bonds is 4. The van der Waals surface area contributed by atoms with Crippen LogP contribution in [0.25, 0.3) is 16.9 Å². The van der Waals surface area contributed by atoms with Crippen molar-refractivity contribution in [2.45, 2.75) is 25.7 Å². The summed E-state index contributed by atoms with van der Waals surface area (Å²) in [5.74, 6) is 0.650. The highest BCUT2D eigenvalue weighted by molar-refractivity contribution is 5.78. The van der Waals surface area contributed by atoms with Gasteiger partial charge < -0.3 is 19.8 Å². The molecule has 0 aliphatic carbocycles. The van der Waals surface area contributed by atoms with Crippen molar-refractivity contribution in [1.82, 2.24) is 14.3 Å². The van der Waals surface area contributed by atoms with Crippen molar-refractivity contribution in [3.63, 3.8) is 0 Å². The van der Waals surface area contributed by atoms with Crippen LogP contribution in [0.5, 0.6) is 5.75 Å². The standard InChI is InChI=1S/C21H24N4O2/c22-17-8-5-7-16(13-17)18-14-25-12-6-9-19(21(25)23-18)27-15-20(26)24-10-3-1-2-4-11-24/h5-9,12-14H,1-4,10-11,15,22H2. The van der Waals surface area contributed by atoms with E-state index < -0.39 is 0 Å². The molecule has 27 heavy (non-hydrogen) atoms. The molecule has 0 bridgehead atoms. The summed E-state index contributed by atoms with van der Waals surface area (Å²) in [5.41, 5.74) is 9.04. The summed E-state index contributed by atoms with van der Waals surface area (Å²) < 4.78 is 7.76. The minimum atomic E-state index is 0.0418. The number of nitrogens with zero attached hydrogens (tertiary/aromatic N) is 3. The number of carbonyl (C=O) groups is 1. The normalized spacial score (nSPS) is 14.9. The van der Waals surface area contributed by atoms with Crippen molar-refractivity contribution >= 4 is 17.2 Å². The van der Waals surface area contributed by atoms with E-state index in [-0.39, 0.29) is 12.5 Å². The molecule has 6 heteroatoms. The number of likely N-dealkylation sites (tertiary alicyclic amines) is 1. The van der Waals surface area contributed by atoms with E-state index >= 15 is 0 Å². The molecule has 4 rings (SSSR count). The second-order valence-electron chi connectivity index (χ2n) is 6.94. The van der Waals surface area contributed by atoms with Crippen LogP contribution in [-0.2, 0) is 4.79 Å². The molecular weight excluding hydrogens is 340 g/mol. The number of ether oxygens (including phenoxy) is 1. The Kier molecular flexibility index (Phi) is 4.96. The Morgan fingerprint density at radius 2 is 1.93 bits per heavy atom.